The Morgan fingerprint density at radius 2 is 2.15 bits per heavy atom. The minimum absolute atomic E-state index is 0.443. The van der Waals surface area contributed by atoms with E-state index < -0.39 is 0 Å². The third-order valence-corrected chi connectivity index (χ3v) is 4.02. The fourth-order valence-electron chi connectivity index (χ4n) is 2.75. The van der Waals surface area contributed by atoms with Crippen LogP contribution in [0.4, 0.5) is 0 Å². The van der Waals surface area contributed by atoms with Crippen molar-refractivity contribution in [1.82, 2.24) is 10.2 Å². The molecule has 2 rings (SSSR count). The van der Waals surface area contributed by atoms with Crippen LogP contribution in [0.25, 0.3) is 0 Å². The molecule has 0 bridgehead atoms. The fourth-order valence-corrected chi connectivity index (χ4v) is 2.75. The highest BCUT2D eigenvalue weighted by atomic mass is 16.5. The summed E-state index contributed by atoms with van der Waals surface area (Å²) in [5.74, 6) is 1.07. The largest absolute Gasteiger partial charge is 0.493 e. The predicted molar refractivity (Wildman–Crippen MR) is 84.4 cm³/mol. The first-order valence-corrected chi connectivity index (χ1v) is 7.76. The maximum Gasteiger partial charge on any atom is 0.122 e. The summed E-state index contributed by atoms with van der Waals surface area (Å²) in [6, 6.07) is 7.64. The van der Waals surface area contributed by atoms with Gasteiger partial charge >= 0.3 is 0 Å². The highest BCUT2D eigenvalue weighted by Crippen LogP contribution is 2.29. The van der Waals surface area contributed by atoms with Gasteiger partial charge in [0.05, 0.1) is 6.61 Å². The average molecular weight is 276 g/mol. The molecular weight excluding hydrogens is 248 g/mol. The number of hydrogen-bond acceptors (Lipinski definition) is 3. The van der Waals surface area contributed by atoms with E-state index in [1.165, 1.54) is 17.5 Å². The summed E-state index contributed by atoms with van der Waals surface area (Å²) in [4.78, 5) is 2.24. The molecule has 0 fully saturated rings. The minimum atomic E-state index is 0.443. The number of ether oxygens (including phenoxy) is 1. The maximum absolute atomic E-state index is 5.59. The van der Waals surface area contributed by atoms with E-state index in [-0.39, 0.29) is 0 Å². The second-order valence-corrected chi connectivity index (χ2v) is 6.09. The van der Waals surface area contributed by atoms with E-state index in [1.54, 1.807) is 0 Å². The van der Waals surface area contributed by atoms with E-state index in [4.69, 9.17) is 4.74 Å². The van der Waals surface area contributed by atoms with Crippen LogP contribution in [0.2, 0.25) is 0 Å². The van der Waals surface area contributed by atoms with Gasteiger partial charge in [-0.25, -0.2) is 0 Å². The smallest absolute Gasteiger partial charge is 0.122 e. The van der Waals surface area contributed by atoms with Gasteiger partial charge in [-0.05, 0) is 57.6 Å². The first-order chi connectivity index (χ1) is 9.60. The highest BCUT2D eigenvalue weighted by Gasteiger charge is 2.17. The number of hydrogen-bond donors (Lipinski definition) is 1. The molecule has 2 unspecified atom stereocenters. The molecule has 1 aromatic rings. The van der Waals surface area contributed by atoms with Crippen molar-refractivity contribution in [1.29, 1.82) is 0 Å². The summed E-state index contributed by atoms with van der Waals surface area (Å²) in [5, 5.41) is 3.76. The van der Waals surface area contributed by atoms with Crippen LogP contribution < -0.4 is 10.1 Å². The molecule has 1 aliphatic rings. The Hall–Kier alpha value is -1.06. The van der Waals surface area contributed by atoms with Crippen molar-refractivity contribution < 1.29 is 4.74 Å². The van der Waals surface area contributed by atoms with Crippen LogP contribution in [0.15, 0.2) is 18.2 Å². The molecule has 0 amide bonds. The molecular formula is C17H28N2O. The minimum Gasteiger partial charge on any atom is -0.493 e. The van der Waals surface area contributed by atoms with Crippen molar-refractivity contribution >= 4 is 0 Å². The molecule has 0 aliphatic carbocycles. The van der Waals surface area contributed by atoms with Crippen molar-refractivity contribution in [3.63, 3.8) is 0 Å². The summed E-state index contributed by atoms with van der Waals surface area (Å²) in [6.07, 6.45) is 3.35. The third kappa shape index (κ3) is 3.97. The number of rotatable bonds is 7. The zero-order valence-electron chi connectivity index (χ0n) is 13.3. The molecule has 0 saturated carbocycles. The molecule has 20 heavy (non-hydrogen) atoms. The normalized spacial score (nSPS) is 16.9. The molecule has 0 spiro atoms. The molecule has 1 aliphatic heterocycles. The summed E-state index contributed by atoms with van der Waals surface area (Å²) in [5.41, 5.74) is 2.76. The standard InChI is InChI=1S/C17H28N2O/c1-5-16(18-13(2)8-10-19(3)4)14-6-7-17-15(12-14)9-11-20-17/h6-7,12-13,16,18H,5,8-11H2,1-4H3. The lowest BCUT2D eigenvalue weighted by molar-refractivity contribution is 0.347. The van der Waals surface area contributed by atoms with Gasteiger partial charge in [-0.1, -0.05) is 19.1 Å². The van der Waals surface area contributed by atoms with Crippen molar-refractivity contribution in [3.05, 3.63) is 29.3 Å². The average Bonchev–Trinajstić information content (AvgIpc) is 2.89. The summed E-state index contributed by atoms with van der Waals surface area (Å²) < 4.78 is 5.59. The molecule has 1 N–H and O–H groups in total. The van der Waals surface area contributed by atoms with Crippen LogP contribution in [-0.2, 0) is 6.42 Å². The van der Waals surface area contributed by atoms with Gasteiger partial charge in [0.15, 0.2) is 0 Å². The highest BCUT2D eigenvalue weighted by molar-refractivity contribution is 5.40. The Morgan fingerprint density at radius 1 is 1.35 bits per heavy atom. The second kappa shape index (κ2) is 7.09. The van der Waals surface area contributed by atoms with Crippen LogP contribution in [0.5, 0.6) is 5.75 Å². The van der Waals surface area contributed by atoms with Crippen LogP contribution in [0.3, 0.4) is 0 Å². The Morgan fingerprint density at radius 3 is 2.85 bits per heavy atom. The van der Waals surface area contributed by atoms with Crippen molar-refractivity contribution in [3.8, 4) is 5.75 Å². The fraction of sp³-hybridized carbons (Fsp3) is 0.647. The SMILES string of the molecule is CCC(NC(C)CCN(C)C)c1ccc2c(c1)CCO2. The zero-order valence-corrected chi connectivity index (χ0v) is 13.3. The van der Waals surface area contributed by atoms with Gasteiger partial charge in [-0.2, -0.15) is 0 Å². The quantitative estimate of drug-likeness (QED) is 0.828. The molecule has 1 aromatic carbocycles. The van der Waals surface area contributed by atoms with Gasteiger partial charge in [0.2, 0.25) is 0 Å². The molecule has 2 atom stereocenters. The molecule has 3 nitrogen and oxygen atoms in total. The zero-order chi connectivity index (χ0) is 14.5. The number of nitrogens with zero attached hydrogens (tertiary/aromatic N) is 1. The van der Waals surface area contributed by atoms with E-state index >= 15 is 0 Å². The Labute approximate surface area is 123 Å². The topological polar surface area (TPSA) is 24.5 Å². The van der Waals surface area contributed by atoms with Crippen molar-refractivity contribution in [2.75, 3.05) is 27.2 Å². The van der Waals surface area contributed by atoms with Crippen LogP contribution >= 0.6 is 0 Å². The van der Waals surface area contributed by atoms with Gasteiger partial charge in [-0.3, -0.25) is 0 Å². The molecule has 1 heterocycles. The molecule has 0 aromatic heterocycles. The summed E-state index contributed by atoms with van der Waals surface area (Å²) in [6.45, 7) is 6.49. The number of benzene rings is 1. The second-order valence-electron chi connectivity index (χ2n) is 6.09. The van der Waals surface area contributed by atoms with Gasteiger partial charge in [0, 0.05) is 18.5 Å². The first kappa shape index (κ1) is 15.3. The molecule has 0 radical (unpaired) electrons. The van der Waals surface area contributed by atoms with E-state index in [9.17, 15) is 0 Å². The summed E-state index contributed by atoms with van der Waals surface area (Å²) in [7, 11) is 4.26. The predicted octanol–water partition coefficient (Wildman–Crippen LogP) is 3.00. The first-order valence-electron chi connectivity index (χ1n) is 7.76. The third-order valence-electron chi connectivity index (χ3n) is 4.02. The number of nitrogens with one attached hydrogen (secondary N) is 1. The molecule has 3 heteroatoms. The van der Waals surface area contributed by atoms with Crippen LogP contribution in [0, 0.1) is 0 Å². The lowest BCUT2D eigenvalue weighted by Crippen LogP contribution is -2.32. The monoisotopic (exact) mass is 276 g/mol. The summed E-state index contributed by atoms with van der Waals surface area (Å²) >= 11 is 0. The van der Waals surface area contributed by atoms with E-state index in [1.807, 2.05) is 0 Å². The Kier molecular flexibility index (Phi) is 5.44. The van der Waals surface area contributed by atoms with Crippen molar-refractivity contribution in [2.45, 2.75) is 45.2 Å². The van der Waals surface area contributed by atoms with E-state index in [0.717, 1.165) is 31.7 Å². The van der Waals surface area contributed by atoms with E-state index in [2.05, 4.69) is 56.4 Å². The van der Waals surface area contributed by atoms with Crippen LogP contribution in [0.1, 0.15) is 43.9 Å². The van der Waals surface area contributed by atoms with Gasteiger partial charge < -0.3 is 15.0 Å². The van der Waals surface area contributed by atoms with Crippen LogP contribution in [-0.4, -0.2) is 38.2 Å². The number of fused-ring (bicyclic) bond motifs is 1. The van der Waals surface area contributed by atoms with Gasteiger partial charge in [0.1, 0.15) is 5.75 Å². The Balaban J connectivity index is 1.97. The van der Waals surface area contributed by atoms with Gasteiger partial charge in [0.25, 0.3) is 0 Å². The Bertz CT molecular complexity index is 431. The molecule has 0 saturated heterocycles. The maximum atomic E-state index is 5.59. The van der Waals surface area contributed by atoms with E-state index in [0.29, 0.717) is 12.1 Å². The lowest BCUT2D eigenvalue weighted by atomic mass is 9.99. The molecule has 112 valence electrons. The van der Waals surface area contributed by atoms with Gasteiger partial charge in [-0.15, -0.1) is 0 Å². The van der Waals surface area contributed by atoms with Crippen molar-refractivity contribution in [2.24, 2.45) is 0 Å². The lowest BCUT2D eigenvalue weighted by Gasteiger charge is -2.24.